The molecule has 1 aromatic carbocycles. The predicted octanol–water partition coefficient (Wildman–Crippen LogP) is 2.57. The zero-order valence-corrected chi connectivity index (χ0v) is 13.5. The molecule has 1 aliphatic rings. The third-order valence-electron chi connectivity index (χ3n) is 4.34. The van der Waals surface area contributed by atoms with Gasteiger partial charge in [0.05, 0.1) is 23.1 Å². The number of carboxylic acid groups (broad SMARTS) is 1. The van der Waals surface area contributed by atoms with Gasteiger partial charge in [0.2, 0.25) is 5.91 Å². The minimum absolute atomic E-state index is 0.0815. The number of aromatic nitrogens is 2. The van der Waals surface area contributed by atoms with E-state index in [4.69, 9.17) is 5.11 Å². The molecule has 1 fully saturated rings. The van der Waals surface area contributed by atoms with E-state index in [0.29, 0.717) is 12.2 Å². The highest BCUT2D eigenvalue weighted by molar-refractivity contribution is 5.89. The smallest absolute Gasteiger partial charge is 0.335 e. The number of rotatable bonds is 3. The number of hydrogen-bond donors (Lipinski definition) is 1. The van der Waals surface area contributed by atoms with Gasteiger partial charge in [0, 0.05) is 37.7 Å². The SMILES string of the molecule is CC(=O)N1CCC[C@@H](c2cncc(-c3cccc(C(=O)O)c3)n2)C1. The summed E-state index contributed by atoms with van der Waals surface area (Å²) < 4.78 is 0. The Kier molecular flexibility index (Phi) is 4.55. The number of carboxylic acids is 1. The summed E-state index contributed by atoms with van der Waals surface area (Å²) in [6, 6.07) is 6.67. The first-order chi connectivity index (χ1) is 11.5. The average molecular weight is 325 g/mol. The van der Waals surface area contributed by atoms with Crippen LogP contribution in [-0.2, 0) is 4.79 Å². The van der Waals surface area contributed by atoms with Crippen LogP contribution in [0.1, 0.15) is 41.7 Å². The van der Waals surface area contributed by atoms with Crippen LogP contribution in [0.2, 0.25) is 0 Å². The van der Waals surface area contributed by atoms with Crippen LogP contribution in [0.5, 0.6) is 0 Å². The second kappa shape index (κ2) is 6.78. The van der Waals surface area contributed by atoms with Crippen molar-refractivity contribution < 1.29 is 14.7 Å². The molecule has 124 valence electrons. The number of piperidine rings is 1. The van der Waals surface area contributed by atoms with Gasteiger partial charge in [-0.05, 0) is 25.0 Å². The fraction of sp³-hybridized carbons (Fsp3) is 0.333. The lowest BCUT2D eigenvalue weighted by atomic mass is 9.94. The fourth-order valence-corrected chi connectivity index (χ4v) is 3.03. The van der Waals surface area contributed by atoms with E-state index in [-0.39, 0.29) is 17.4 Å². The Labute approximate surface area is 140 Å². The van der Waals surface area contributed by atoms with Crippen LogP contribution in [0, 0.1) is 0 Å². The van der Waals surface area contributed by atoms with E-state index < -0.39 is 5.97 Å². The van der Waals surface area contributed by atoms with Gasteiger partial charge in [-0.25, -0.2) is 9.78 Å². The zero-order valence-electron chi connectivity index (χ0n) is 13.5. The molecule has 2 heterocycles. The first-order valence-corrected chi connectivity index (χ1v) is 7.96. The molecule has 0 radical (unpaired) electrons. The number of hydrogen-bond acceptors (Lipinski definition) is 4. The van der Waals surface area contributed by atoms with E-state index in [1.54, 1.807) is 37.5 Å². The third-order valence-corrected chi connectivity index (χ3v) is 4.34. The lowest BCUT2D eigenvalue weighted by molar-refractivity contribution is -0.130. The second-order valence-corrected chi connectivity index (χ2v) is 6.02. The summed E-state index contributed by atoms with van der Waals surface area (Å²) in [5.41, 5.74) is 2.44. The Morgan fingerprint density at radius 2 is 2.12 bits per heavy atom. The minimum atomic E-state index is -0.967. The largest absolute Gasteiger partial charge is 0.478 e. The molecule has 1 N–H and O–H groups in total. The van der Waals surface area contributed by atoms with E-state index in [0.717, 1.165) is 30.6 Å². The van der Waals surface area contributed by atoms with Crippen molar-refractivity contribution in [2.24, 2.45) is 0 Å². The van der Waals surface area contributed by atoms with E-state index in [2.05, 4.69) is 9.97 Å². The highest BCUT2D eigenvalue weighted by Gasteiger charge is 2.24. The zero-order chi connectivity index (χ0) is 17.1. The number of aromatic carboxylic acids is 1. The van der Waals surface area contributed by atoms with Crippen LogP contribution < -0.4 is 0 Å². The topological polar surface area (TPSA) is 83.4 Å². The minimum Gasteiger partial charge on any atom is -0.478 e. The maximum atomic E-state index is 11.6. The lowest BCUT2D eigenvalue weighted by Crippen LogP contribution is -2.37. The van der Waals surface area contributed by atoms with Gasteiger partial charge in [0.15, 0.2) is 0 Å². The summed E-state index contributed by atoms with van der Waals surface area (Å²) in [4.78, 5) is 33.5. The number of benzene rings is 1. The Balaban J connectivity index is 1.88. The number of nitrogens with zero attached hydrogens (tertiary/aromatic N) is 3. The summed E-state index contributed by atoms with van der Waals surface area (Å²) in [6.45, 7) is 3.03. The number of amides is 1. The van der Waals surface area contributed by atoms with E-state index >= 15 is 0 Å². The van der Waals surface area contributed by atoms with Crippen molar-refractivity contribution in [3.63, 3.8) is 0 Å². The highest BCUT2D eigenvalue weighted by Crippen LogP contribution is 2.27. The van der Waals surface area contributed by atoms with Crippen LogP contribution in [0.4, 0.5) is 0 Å². The van der Waals surface area contributed by atoms with E-state index in [1.165, 1.54) is 0 Å². The molecule has 6 heteroatoms. The van der Waals surface area contributed by atoms with Gasteiger partial charge in [-0.2, -0.15) is 0 Å². The van der Waals surface area contributed by atoms with Crippen molar-refractivity contribution in [1.29, 1.82) is 0 Å². The van der Waals surface area contributed by atoms with Crippen LogP contribution in [0.15, 0.2) is 36.7 Å². The van der Waals surface area contributed by atoms with Gasteiger partial charge in [0.25, 0.3) is 0 Å². The molecule has 1 aromatic heterocycles. The maximum absolute atomic E-state index is 11.6. The molecule has 6 nitrogen and oxygen atoms in total. The van der Waals surface area contributed by atoms with Gasteiger partial charge in [0.1, 0.15) is 0 Å². The molecule has 2 aromatic rings. The van der Waals surface area contributed by atoms with Crippen LogP contribution in [0.25, 0.3) is 11.3 Å². The summed E-state index contributed by atoms with van der Waals surface area (Å²) >= 11 is 0. The van der Waals surface area contributed by atoms with Gasteiger partial charge in [-0.15, -0.1) is 0 Å². The van der Waals surface area contributed by atoms with Crippen molar-refractivity contribution >= 4 is 11.9 Å². The molecule has 1 atom stereocenters. The molecule has 1 amide bonds. The molecule has 24 heavy (non-hydrogen) atoms. The highest BCUT2D eigenvalue weighted by atomic mass is 16.4. The molecule has 3 rings (SSSR count). The standard InChI is InChI=1S/C18H19N3O3/c1-12(22)21-7-3-6-15(11-21)17-10-19-9-16(20-17)13-4-2-5-14(8-13)18(23)24/h2,4-5,8-10,15H,3,6-7,11H2,1H3,(H,23,24)/t15-/m1/s1. The van der Waals surface area contributed by atoms with Gasteiger partial charge >= 0.3 is 5.97 Å². The second-order valence-electron chi connectivity index (χ2n) is 6.02. The monoisotopic (exact) mass is 325 g/mol. The lowest BCUT2D eigenvalue weighted by Gasteiger charge is -2.31. The number of carbonyl (C=O) groups excluding carboxylic acids is 1. The van der Waals surface area contributed by atoms with E-state index in [1.807, 2.05) is 11.0 Å². The summed E-state index contributed by atoms with van der Waals surface area (Å²) in [6.07, 6.45) is 5.29. The molecule has 1 aliphatic heterocycles. The van der Waals surface area contributed by atoms with Crippen molar-refractivity contribution in [1.82, 2.24) is 14.9 Å². The Morgan fingerprint density at radius 1 is 1.29 bits per heavy atom. The summed E-state index contributed by atoms with van der Waals surface area (Å²) in [5.74, 6) is -0.721. The quantitative estimate of drug-likeness (QED) is 0.937. The predicted molar refractivity (Wildman–Crippen MR) is 88.7 cm³/mol. The van der Waals surface area contributed by atoms with Crippen molar-refractivity contribution in [2.45, 2.75) is 25.7 Å². The molecule has 0 aliphatic carbocycles. The molecular formula is C18H19N3O3. The summed E-state index contributed by atoms with van der Waals surface area (Å²) in [5, 5.41) is 9.12. The van der Waals surface area contributed by atoms with Gasteiger partial charge < -0.3 is 10.0 Å². The summed E-state index contributed by atoms with van der Waals surface area (Å²) in [7, 11) is 0. The van der Waals surface area contributed by atoms with Crippen molar-refractivity contribution in [3.05, 3.63) is 47.9 Å². The first kappa shape index (κ1) is 16.1. The molecular weight excluding hydrogens is 306 g/mol. The molecule has 0 saturated carbocycles. The van der Waals surface area contributed by atoms with Crippen LogP contribution >= 0.6 is 0 Å². The Hall–Kier alpha value is -2.76. The Bertz CT molecular complexity index is 776. The van der Waals surface area contributed by atoms with E-state index in [9.17, 15) is 9.59 Å². The normalized spacial score (nSPS) is 17.5. The molecule has 0 bridgehead atoms. The van der Waals surface area contributed by atoms with Crippen molar-refractivity contribution in [2.75, 3.05) is 13.1 Å². The average Bonchev–Trinajstić information content (AvgIpc) is 2.62. The van der Waals surface area contributed by atoms with Crippen molar-refractivity contribution in [3.8, 4) is 11.3 Å². The molecule has 1 saturated heterocycles. The fourth-order valence-electron chi connectivity index (χ4n) is 3.03. The molecule has 0 spiro atoms. The number of likely N-dealkylation sites (tertiary alicyclic amines) is 1. The number of carbonyl (C=O) groups is 2. The maximum Gasteiger partial charge on any atom is 0.335 e. The first-order valence-electron chi connectivity index (χ1n) is 7.96. The Morgan fingerprint density at radius 3 is 2.88 bits per heavy atom. The van der Waals surface area contributed by atoms with Crippen LogP contribution in [-0.4, -0.2) is 44.9 Å². The molecule has 0 unspecified atom stereocenters. The van der Waals surface area contributed by atoms with Gasteiger partial charge in [-0.1, -0.05) is 12.1 Å². The third kappa shape index (κ3) is 3.42. The van der Waals surface area contributed by atoms with Crippen LogP contribution in [0.3, 0.4) is 0 Å². The van der Waals surface area contributed by atoms with Gasteiger partial charge in [-0.3, -0.25) is 9.78 Å².